The highest BCUT2D eigenvalue weighted by Gasteiger charge is 2.55. The number of fused-ring (bicyclic) bond motifs is 2. The van der Waals surface area contributed by atoms with E-state index in [-0.39, 0.29) is 0 Å². The highest BCUT2D eigenvalue weighted by atomic mass is 28.4. The van der Waals surface area contributed by atoms with Crippen molar-refractivity contribution in [3.63, 3.8) is 0 Å². The van der Waals surface area contributed by atoms with Crippen molar-refractivity contribution in [2.45, 2.75) is 65.2 Å². The number of hydrogen-bond donors (Lipinski definition) is 0. The van der Waals surface area contributed by atoms with E-state index in [1.807, 2.05) is 14.2 Å². The molecule has 4 nitrogen and oxygen atoms in total. The van der Waals surface area contributed by atoms with Crippen LogP contribution < -0.4 is 0 Å². The van der Waals surface area contributed by atoms with Gasteiger partial charge in [0.05, 0.1) is 0 Å². The molecule has 27 heavy (non-hydrogen) atoms. The van der Waals surface area contributed by atoms with Gasteiger partial charge in [0, 0.05) is 14.2 Å². The van der Waals surface area contributed by atoms with E-state index in [0.717, 1.165) is 35.5 Å². The first kappa shape index (κ1) is 20.3. The Labute approximate surface area is 168 Å². The molecule has 0 spiro atoms. The minimum Gasteiger partial charge on any atom is -0.374 e. The molecule has 4 rings (SSSR count). The Balaban J connectivity index is 1.46. The molecule has 5 heteroatoms. The molecule has 0 amide bonds. The minimum absolute atomic E-state index is 0.861. The molecule has 2 aliphatic carbocycles. The van der Waals surface area contributed by atoms with Crippen LogP contribution in [0.5, 0.6) is 0 Å². The maximum atomic E-state index is 6.34. The maximum Gasteiger partial charge on any atom is 0.522 e. The first-order valence-electron chi connectivity index (χ1n) is 11.7. The zero-order valence-electron chi connectivity index (χ0n) is 18.2. The van der Waals surface area contributed by atoms with Gasteiger partial charge in [-0.05, 0) is 100 Å². The summed E-state index contributed by atoms with van der Waals surface area (Å²) in [6, 6.07) is 0. The third-order valence-electron chi connectivity index (χ3n) is 8.58. The van der Waals surface area contributed by atoms with Gasteiger partial charge in [0.2, 0.25) is 0 Å². The molecular formula is C22H42N2O2Si. The van der Waals surface area contributed by atoms with Crippen molar-refractivity contribution in [3.8, 4) is 0 Å². The lowest BCUT2D eigenvalue weighted by Gasteiger charge is -2.53. The van der Waals surface area contributed by atoms with Gasteiger partial charge in [-0.2, -0.15) is 0 Å². The summed E-state index contributed by atoms with van der Waals surface area (Å²) in [5.41, 5.74) is 0. The average Bonchev–Trinajstić information content (AvgIpc) is 2.69. The van der Waals surface area contributed by atoms with Gasteiger partial charge < -0.3 is 8.85 Å². The summed E-state index contributed by atoms with van der Waals surface area (Å²) in [4.78, 5) is 0. The molecular weight excluding hydrogens is 352 g/mol. The molecule has 6 atom stereocenters. The fourth-order valence-corrected chi connectivity index (χ4v) is 10.4. The van der Waals surface area contributed by atoms with Gasteiger partial charge in [-0.1, -0.05) is 26.7 Å². The smallest absolute Gasteiger partial charge is 0.374 e. The van der Waals surface area contributed by atoms with Crippen molar-refractivity contribution in [2.24, 2.45) is 35.5 Å². The molecule has 0 bridgehead atoms. The van der Waals surface area contributed by atoms with Gasteiger partial charge >= 0.3 is 8.88 Å². The predicted octanol–water partition coefficient (Wildman–Crippen LogP) is 4.23. The summed E-state index contributed by atoms with van der Waals surface area (Å²) >= 11 is 0. The molecule has 0 N–H and O–H groups in total. The summed E-state index contributed by atoms with van der Waals surface area (Å²) in [5, 5.41) is 0. The van der Waals surface area contributed by atoms with E-state index >= 15 is 0 Å². The van der Waals surface area contributed by atoms with E-state index in [1.165, 1.54) is 77.5 Å². The third-order valence-corrected chi connectivity index (χ3v) is 12.1. The van der Waals surface area contributed by atoms with Crippen LogP contribution >= 0.6 is 0 Å². The number of hydrogen-bond acceptors (Lipinski definition) is 4. The van der Waals surface area contributed by atoms with Crippen LogP contribution in [0, 0.1) is 35.5 Å². The Hall–Kier alpha value is 0.0569. The van der Waals surface area contributed by atoms with Crippen LogP contribution in [-0.2, 0) is 8.85 Å². The van der Waals surface area contributed by atoms with Gasteiger partial charge in [-0.3, -0.25) is 9.13 Å². The van der Waals surface area contributed by atoms with Crippen molar-refractivity contribution >= 4 is 8.88 Å². The molecule has 2 saturated heterocycles. The van der Waals surface area contributed by atoms with Crippen LogP contribution in [0.25, 0.3) is 0 Å². The summed E-state index contributed by atoms with van der Waals surface area (Å²) in [6.07, 6.45) is 11.2. The van der Waals surface area contributed by atoms with Crippen LogP contribution in [0.2, 0.25) is 0 Å². The third kappa shape index (κ3) is 3.92. The second-order valence-corrected chi connectivity index (χ2v) is 13.5. The fourth-order valence-electron chi connectivity index (χ4n) is 7.02. The van der Waals surface area contributed by atoms with Crippen molar-refractivity contribution in [1.29, 1.82) is 0 Å². The molecule has 6 unspecified atom stereocenters. The average molecular weight is 395 g/mol. The lowest BCUT2D eigenvalue weighted by molar-refractivity contribution is 0.0124. The van der Waals surface area contributed by atoms with Crippen molar-refractivity contribution in [3.05, 3.63) is 0 Å². The zero-order chi connectivity index (χ0) is 19.0. The predicted molar refractivity (Wildman–Crippen MR) is 112 cm³/mol. The van der Waals surface area contributed by atoms with Crippen molar-refractivity contribution in [1.82, 2.24) is 9.13 Å². The van der Waals surface area contributed by atoms with Crippen LogP contribution in [-0.4, -0.2) is 58.4 Å². The van der Waals surface area contributed by atoms with Crippen molar-refractivity contribution in [2.75, 3.05) is 40.4 Å². The topological polar surface area (TPSA) is 24.9 Å². The van der Waals surface area contributed by atoms with Crippen LogP contribution in [0.15, 0.2) is 0 Å². The van der Waals surface area contributed by atoms with E-state index in [1.54, 1.807) is 0 Å². The zero-order valence-corrected chi connectivity index (χ0v) is 19.2. The molecule has 4 fully saturated rings. The van der Waals surface area contributed by atoms with Gasteiger partial charge in [0.1, 0.15) is 0 Å². The van der Waals surface area contributed by atoms with E-state index in [2.05, 4.69) is 23.0 Å². The largest absolute Gasteiger partial charge is 0.522 e. The summed E-state index contributed by atoms with van der Waals surface area (Å²) < 4.78 is 18.0. The quantitative estimate of drug-likeness (QED) is 0.666. The summed E-state index contributed by atoms with van der Waals surface area (Å²) in [7, 11) is 1.37. The van der Waals surface area contributed by atoms with Crippen molar-refractivity contribution < 1.29 is 8.85 Å². The molecule has 0 aromatic heterocycles. The van der Waals surface area contributed by atoms with E-state index in [9.17, 15) is 0 Å². The normalized spacial score (nSPS) is 41.8. The Bertz CT molecular complexity index is 461. The summed E-state index contributed by atoms with van der Waals surface area (Å²) in [6.45, 7) is 9.63. The monoisotopic (exact) mass is 394 g/mol. The fraction of sp³-hybridized carbons (Fsp3) is 1.00. The highest BCUT2D eigenvalue weighted by Crippen LogP contribution is 2.43. The number of rotatable bonds is 4. The Morgan fingerprint density at radius 3 is 1.48 bits per heavy atom. The van der Waals surface area contributed by atoms with Crippen LogP contribution in [0.4, 0.5) is 0 Å². The molecule has 0 aromatic rings. The Morgan fingerprint density at radius 1 is 0.630 bits per heavy atom. The van der Waals surface area contributed by atoms with Crippen LogP contribution in [0.1, 0.15) is 65.2 Å². The molecule has 2 aliphatic heterocycles. The minimum atomic E-state index is -2.46. The molecule has 4 aliphatic rings. The SMILES string of the molecule is CO[Si](OC)(N1CCC2CC(C)CCC2C1)N1CCC2CC(C)CCC2C1. The molecule has 156 valence electrons. The lowest BCUT2D eigenvalue weighted by atomic mass is 9.72. The second-order valence-electron chi connectivity index (χ2n) is 10.3. The van der Waals surface area contributed by atoms with E-state index < -0.39 is 8.88 Å². The molecule has 0 radical (unpaired) electrons. The van der Waals surface area contributed by atoms with Crippen LogP contribution in [0.3, 0.4) is 0 Å². The first-order valence-corrected chi connectivity index (χ1v) is 13.4. The number of nitrogens with zero attached hydrogens (tertiary/aromatic N) is 2. The molecule has 2 saturated carbocycles. The Kier molecular flexibility index (Phi) is 6.35. The highest BCUT2D eigenvalue weighted by molar-refractivity contribution is 6.61. The maximum absolute atomic E-state index is 6.34. The van der Waals surface area contributed by atoms with Gasteiger partial charge in [0.25, 0.3) is 0 Å². The van der Waals surface area contributed by atoms with Gasteiger partial charge in [0.15, 0.2) is 0 Å². The van der Waals surface area contributed by atoms with Gasteiger partial charge in [-0.25, -0.2) is 0 Å². The number of piperidine rings is 2. The lowest BCUT2D eigenvalue weighted by Crippen LogP contribution is -2.73. The standard InChI is InChI=1S/C22H42N2O2Si/c1-17-5-7-21-15-23(11-9-19(21)13-17)27(25-3,26-4)24-12-10-20-14-18(2)6-8-22(20)16-24/h17-22H,5-16H2,1-4H3. The molecule has 0 aromatic carbocycles. The second kappa shape index (κ2) is 8.43. The molecule has 2 heterocycles. The summed E-state index contributed by atoms with van der Waals surface area (Å²) in [5.74, 6) is 5.46. The van der Waals surface area contributed by atoms with Gasteiger partial charge in [-0.15, -0.1) is 0 Å². The van der Waals surface area contributed by atoms with E-state index in [0.29, 0.717) is 0 Å². The Morgan fingerprint density at radius 2 is 1.07 bits per heavy atom. The first-order chi connectivity index (χ1) is 13.1. The van der Waals surface area contributed by atoms with E-state index in [4.69, 9.17) is 8.85 Å².